The van der Waals surface area contributed by atoms with E-state index in [0.717, 1.165) is 10.6 Å². The van der Waals surface area contributed by atoms with E-state index in [1.165, 1.54) is 27.7 Å². The lowest BCUT2D eigenvalue weighted by molar-refractivity contribution is -0.115. The molecule has 0 saturated carbocycles. The van der Waals surface area contributed by atoms with Crippen molar-refractivity contribution in [2.45, 2.75) is 11.6 Å². The molecule has 1 aromatic carbocycles. The lowest BCUT2D eigenvalue weighted by Crippen LogP contribution is -2.20. The molecular weight excluding hydrogens is 412 g/mol. The standard InChI is InChI=1S/C19H16N4O2S3/c1-23-17(25)12-5-2-3-6-13(12)21-19(23)27-10-8-16(24)22-18-20-14(11-28-18)15-7-4-9-26-15/h2-7,9,11H,8,10H2,1H3,(H,20,22,24). The lowest BCUT2D eigenvalue weighted by Gasteiger charge is -2.08. The van der Waals surface area contributed by atoms with E-state index in [4.69, 9.17) is 0 Å². The zero-order valence-corrected chi connectivity index (χ0v) is 17.4. The molecule has 28 heavy (non-hydrogen) atoms. The molecule has 9 heteroatoms. The molecule has 0 saturated heterocycles. The van der Waals surface area contributed by atoms with Gasteiger partial charge in [0, 0.05) is 24.6 Å². The molecule has 3 aromatic heterocycles. The number of para-hydroxylation sites is 1. The molecule has 0 unspecified atom stereocenters. The third-order valence-corrected chi connectivity index (χ3v) is 6.71. The number of hydrogen-bond donors (Lipinski definition) is 1. The third-order valence-electron chi connectivity index (χ3n) is 4.03. The number of aromatic nitrogens is 3. The third kappa shape index (κ3) is 4.01. The SMILES string of the molecule is Cn1c(SCCC(=O)Nc2nc(-c3cccs3)cs2)nc2ccccc2c1=O. The van der Waals surface area contributed by atoms with E-state index in [1.54, 1.807) is 24.5 Å². The van der Waals surface area contributed by atoms with Crippen molar-refractivity contribution in [1.29, 1.82) is 0 Å². The van der Waals surface area contributed by atoms with Crippen molar-refractivity contribution in [3.8, 4) is 10.6 Å². The summed E-state index contributed by atoms with van der Waals surface area (Å²) < 4.78 is 1.53. The molecule has 142 valence electrons. The average Bonchev–Trinajstić information content (AvgIpc) is 3.37. The molecule has 4 aromatic rings. The molecule has 1 N–H and O–H groups in total. The van der Waals surface area contributed by atoms with Gasteiger partial charge in [0.15, 0.2) is 10.3 Å². The molecule has 1 amide bonds. The molecule has 0 atom stereocenters. The maximum absolute atomic E-state index is 12.4. The van der Waals surface area contributed by atoms with E-state index in [1.807, 2.05) is 41.1 Å². The number of fused-ring (bicyclic) bond motifs is 1. The van der Waals surface area contributed by atoms with Gasteiger partial charge in [-0.3, -0.25) is 14.2 Å². The summed E-state index contributed by atoms with van der Waals surface area (Å²) in [6, 6.07) is 11.2. The average molecular weight is 429 g/mol. The van der Waals surface area contributed by atoms with Gasteiger partial charge in [-0.1, -0.05) is 30.0 Å². The topological polar surface area (TPSA) is 76.9 Å². The Bertz CT molecular complexity index is 1180. The number of thiophene rings is 1. The monoisotopic (exact) mass is 428 g/mol. The van der Waals surface area contributed by atoms with Crippen molar-refractivity contribution in [3.05, 3.63) is 57.5 Å². The maximum Gasteiger partial charge on any atom is 0.261 e. The van der Waals surface area contributed by atoms with Crippen LogP contribution in [0.3, 0.4) is 0 Å². The van der Waals surface area contributed by atoms with Gasteiger partial charge in [-0.25, -0.2) is 9.97 Å². The van der Waals surface area contributed by atoms with Crippen molar-refractivity contribution in [3.63, 3.8) is 0 Å². The molecular formula is C19H16N4O2S3. The summed E-state index contributed by atoms with van der Waals surface area (Å²) in [7, 11) is 1.70. The highest BCUT2D eigenvalue weighted by Gasteiger charge is 2.11. The quantitative estimate of drug-likeness (QED) is 0.367. The Labute approximate surface area is 173 Å². The predicted octanol–water partition coefficient (Wildman–Crippen LogP) is 4.24. The first kappa shape index (κ1) is 18.9. The lowest BCUT2D eigenvalue weighted by atomic mass is 10.2. The minimum absolute atomic E-state index is 0.0820. The van der Waals surface area contributed by atoms with Crippen molar-refractivity contribution < 1.29 is 4.79 Å². The van der Waals surface area contributed by atoms with Crippen molar-refractivity contribution in [1.82, 2.24) is 14.5 Å². The van der Waals surface area contributed by atoms with E-state index in [0.29, 0.717) is 33.4 Å². The number of thioether (sulfide) groups is 1. The van der Waals surface area contributed by atoms with E-state index in [-0.39, 0.29) is 11.5 Å². The molecule has 6 nitrogen and oxygen atoms in total. The highest BCUT2D eigenvalue weighted by molar-refractivity contribution is 7.99. The highest BCUT2D eigenvalue weighted by atomic mass is 32.2. The first-order chi connectivity index (χ1) is 13.6. The van der Waals surface area contributed by atoms with Gasteiger partial charge in [-0.2, -0.15) is 0 Å². The van der Waals surface area contributed by atoms with Gasteiger partial charge in [0.1, 0.15) is 0 Å². The molecule has 0 spiro atoms. The molecule has 0 fully saturated rings. The molecule has 0 aliphatic rings. The fourth-order valence-corrected chi connectivity index (χ4v) is 5.01. The zero-order chi connectivity index (χ0) is 19.5. The van der Waals surface area contributed by atoms with Crippen LogP contribution in [0.25, 0.3) is 21.5 Å². The number of hydrogen-bond acceptors (Lipinski definition) is 7. The minimum atomic E-state index is -0.106. The summed E-state index contributed by atoms with van der Waals surface area (Å²) in [5.41, 5.74) is 1.46. The zero-order valence-electron chi connectivity index (χ0n) is 14.9. The Hall–Kier alpha value is -2.49. The van der Waals surface area contributed by atoms with Crippen LogP contribution >= 0.6 is 34.4 Å². The van der Waals surface area contributed by atoms with Gasteiger partial charge in [0.2, 0.25) is 5.91 Å². The second-order valence-electron chi connectivity index (χ2n) is 5.94. The smallest absolute Gasteiger partial charge is 0.261 e. The predicted molar refractivity (Wildman–Crippen MR) is 116 cm³/mol. The van der Waals surface area contributed by atoms with Crippen LogP contribution in [-0.2, 0) is 11.8 Å². The van der Waals surface area contributed by atoms with Gasteiger partial charge >= 0.3 is 0 Å². The van der Waals surface area contributed by atoms with Crippen LogP contribution in [0.1, 0.15) is 6.42 Å². The number of carbonyl (C=O) groups excluding carboxylic acids is 1. The van der Waals surface area contributed by atoms with Crippen LogP contribution in [0.4, 0.5) is 5.13 Å². The summed E-state index contributed by atoms with van der Waals surface area (Å²) >= 11 is 4.42. The summed E-state index contributed by atoms with van der Waals surface area (Å²) in [6.45, 7) is 0. The van der Waals surface area contributed by atoms with Crippen LogP contribution in [0.2, 0.25) is 0 Å². The maximum atomic E-state index is 12.4. The number of amides is 1. The fourth-order valence-electron chi connectivity index (χ4n) is 2.61. The number of benzene rings is 1. The van der Waals surface area contributed by atoms with E-state index >= 15 is 0 Å². The number of carbonyl (C=O) groups is 1. The summed E-state index contributed by atoms with van der Waals surface area (Å²) in [6.07, 6.45) is 0.307. The van der Waals surface area contributed by atoms with Crippen LogP contribution in [0, 0.1) is 0 Å². The first-order valence-corrected chi connectivity index (χ1v) is 11.2. The number of nitrogens with zero attached hydrogens (tertiary/aromatic N) is 3. The summed E-state index contributed by atoms with van der Waals surface area (Å²) in [5, 5.41) is 8.56. The van der Waals surface area contributed by atoms with Crippen LogP contribution < -0.4 is 10.9 Å². The Morgan fingerprint density at radius 3 is 2.86 bits per heavy atom. The number of anilines is 1. The minimum Gasteiger partial charge on any atom is -0.302 e. The van der Waals surface area contributed by atoms with Gasteiger partial charge in [-0.15, -0.1) is 22.7 Å². The molecule has 3 heterocycles. The summed E-state index contributed by atoms with van der Waals surface area (Å²) in [5.74, 6) is 0.415. The molecule has 0 bridgehead atoms. The molecule has 0 aliphatic heterocycles. The summed E-state index contributed by atoms with van der Waals surface area (Å²) in [4.78, 5) is 34.7. The van der Waals surface area contributed by atoms with Crippen molar-refractivity contribution in [2.75, 3.05) is 11.1 Å². The molecule has 4 rings (SSSR count). The normalized spacial score (nSPS) is 11.0. The van der Waals surface area contributed by atoms with Gasteiger partial charge in [-0.05, 0) is 23.6 Å². The number of nitrogens with one attached hydrogen (secondary N) is 1. The van der Waals surface area contributed by atoms with Crippen molar-refractivity contribution >= 4 is 56.4 Å². The second kappa shape index (κ2) is 8.26. The number of thiazole rings is 1. The van der Waals surface area contributed by atoms with Gasteiger partial charge in [0.05, 0.1) is 21.5 Å². The number of rotatable bonds is 6. The van der Waals surface area contributed by atoms with Crippen molar-refractivity contribution in [2.24, 2.45) is 7.05 Å². The second-order valence-corrected chi connectivity index (χ2v) is 8.81. The van der Waals surface area contributed by atoms with Gasteiger partial charge in [0.25, 0.3) is 5.56 Å². The first-order valence-electron chi connectivity index (χ1n) is 8.49. The largest absolute Gasteiger partial charge is 0.302 e. The fraction of sp³-hybridized carbons (Fsp3) is 0.158. The van der Waals surface area contributed by atoms with Gasteiger partial charge < -0.3 is 5.32 Å². The van der Waals surface area contributed by atoms with E-state index in [9.17, 15) is 9.59 Å². The Kier molecular flexibility index (Phi) is 5.56. The molecule has 0 radical (unpaired) electrons. The Balaban J connectivity index is 1.36. The molecule has 0 aliphatic carbocycles. The Morgan fingerprint density at radius 1 is 1.18 bits per heavy atom. The van der Waals surface area contributed by atoms with Crippen LogP contribution in [-0.4, -0.2) is 26.2 Å². The van der Waals surface area contributed by atoms with E-state index < -0.39 is 0 Å². The Morgan fingerprint density at radius 2 is 2.04 bits per heavy atom. The van der Waals surface area contributed by atoms with Crippen LogP contribution in [0.15, 0.2) is 57.1 Å². The highest BCUT2D eigenvalue weighted by Crippen LogP contribution is 2.28. The van der Waals surface area contributed by atoms with Crippen LogP contribution in [0.5, 0.6) is 0 Å². The van der Waals surface area contributed by atoms with E-state index in [2.05, 4.69) is 15.3 Å².